The van der Waals surface area contributed by atoms with Crippen molar-refractivity contribution in [3.63, 3.8) is 0 Å². The van der Waals surface area contributed by atoms with Crippen LogP contribution in [0.3, 0.4) is 0 Å². The molecule has 108 valence electrons. The van der Waals surface area contributed by atoms with Gasteiger partial charge in [0.25, 0.3) is 0 Å². The maximum absolute atomic E-state index is 13.2. The Balaban J connectivity index is 1.96. The maximum atomic E-state index is 13.2. The van der Waals surface area contributed by atoms with Crippen LogP contribution in [0.4, 0.5) is 4.39 Å². The average Bonchev–Trinajstić information content (AvgIpc) is 2.86. The highest BCUT2D eigenvalue weighted by Crippen LogP contribution is 2.19. The molecular weight excluding hydrogens is 257 g/mol. The standard InChI is InChI=1S/C15H20FN3O/c1-10(2)17-8-4-5-14-18-15(19-20-14)12-6-7-13(16)11(3)9-12/h6-7,9-10,17H,4-5,8H2,1-3H3. The molecule has 0 aliphatic rings. The Morgan fingerprint density at radius 3 is 2.85 bits per heavy atom. The van der Waals surface area contributed by atoms with E-state index >= 15 is 0 Å². The minimum atomic E-state index is -0.225. The van der Waals surface area contributed by atoms with Crippen molar-refractivity contribution < 1.29 is 8.91 Å². The van der Waals surface area contributed by atoms with Crippen LogP contribution in [-0.2, 0) is 6.42 Å². The molecule has 4 nitrogen and oxygen atoms in total. The molecule has 1 aromatic carbocycles. The summed E-state index contributed by atoms with van der Waals surface area (Å²) in [7, 11) is 0. The van der Waals surface area contributed by atoms with Gasteiger partial charge in [-0.2, -0.15) is 4.98 Å². The third-order valence-electron chi connectivity index (χ3n) is 3.00. The lowest BCUT2D eigenvalue weighted by Gasteiger charge is -2.05. The molecule has 0 unspecified atom stereocenters. The number of benzene rings is 1. The van der Waals surface area contributed by atoms with Gasteiger partial charge in [-0.15, -0.1) is 0 Å². The van der Waals surface area contributed by atoms with Crippen LogP contribution in [0.25, 0.3) is 11.4 Å². The Kier molecular flexibility index (Phi) is 4.84. The summed E-state index contributed by atoms with van der Waals surface area (Å²) in [4.78, 5) is 4.34. The second kappa shape index (κ2) is 6.61. The molecule has 1 N–H and O–H groups in total. The first-order valence-electron chi connectivity index (χ1n) is 6.89. The summed E-state index contributed by atoms with van der Waals surface area (Å²) in [5.41, 5.74) is 1.36. The van der Waals surface area contributed by atoms with Crippen LogP contribution in [0, 0.1) is 12.7 Å². The molecule has 0 fully saturated rings. The van der Waals surface area contributed by atoms with Gasteiger partial charge in [-0.05, 0) is 43.7 Å². The van der Waals surface area contributed by atoms with E-state index in [-0.39, 0.29) is 5.82 Å². The summed E-state index contributed by atoms with van der Waals surface area (Å²) in [5.74, 6) is 0.907. The van der Waals surface area contributed by atoms with Crippen molar-refractivity contribution in [2.75, 3.05) is 6.54 Å². The zero-order valence-corrected chi connectivity index (χ0v) is 12.1. The fourth-order valence-electron chi connectivity index (χ4n) is 1.89. The molecule has 0 bridgehead atoms. The largest absolute Gasteiger partial charge is 0.339 e. The first-order valence-corrected chi connectivity index (χ1v) is 6.89. The van der Waals surface area contributed by atoms with Crippen LogP contribution in [0.5, 0.6) is 0 Å². The van der Waals surface area contributed by atoms with Crippen LogP contribution in [0.2, 0.25) is 0 Å². The van der Waals surface area contributed by atoms with Crippen molar-refractivity contribution in [3.8, 4) is 11.4 Å². The van der Waals surface area contributed by atoms with Crippen LogP contribution < -0.4 is 5.32 Å². The van der Waals surface area contributed by atoms with Gasteiger partial charge in [0.15, 0.2) is 0 Å². The summed E-state index contributed by atoms with van der Waals surface area (Å²) in [6, 6.07) is 5.30. The highest BCUT2D eigenvalue weighted by atomic mass is 19.1. The highest BCUT2D eigenvalue weighted by Gasteiger charge is 2.09. The van der Waals surface area contributed by atoms with Gasteiger partial charge in [0.05, 0.1) is 0 Å². The van der Waals surface area contributed by atoms with Crippen molar-refractivity contribution in [3.05, 3.63) is 35.5 Å². The zero-order valence-electron chi connectivity index (χ0n) is 12.1. The van der Waals surface area contributed by atoms with Gasteiger partial charge < -0.3 is 9.84 Å². The fourth-order valence-corrected chi connectivity index (χ4v) is 1.89. The SMILES string of the molecule is Cc1cc(-c2noc(CCCNC(C)C)n2)ccc1F. The quantitative estimate of drug-likeness (QED) is 0.824. The molecule has 2 rings (SSSR count). The number of nitrogens with one attached hydrogen (secondary N) is 1. The molecule has 0 atom stereocenters. The van der Waals surface area contributed by atoms with E-state index in [1.165, 1.54) is 6.07 Å². The molecule has 0 aliphatic heterocycles. The molecule has 0 radical (unpaired) electrons. The van der Waals surface area contributed by atoms with Gasteiger partial charge in [0, 0.05) is 18.0 Å². The van der Waals surface area contributed by atoms with Gasteiger partial charge in [-0.3, -0.25) is 0 Å². The van der Waals surface area contributed by atoms with Crippen LogP contribution >= 0.6 is 0 Å². The van der Waals surface area contributed by atoms with Crippen molar-refractivity contribution in [2.24, 2.45) is 0 Å². The van der Waals surface area contributed by atoms with Crippen LogP contribution in [0.1, 0.15) is 31.7 Å². The third kappa shape index (κ3) is 3.87. The first kappa shape index (κ1) is 14.7. The Morgan fingerprint density at radius 1 is 1.35 bits per heavy atom. The molecule has 1 heterocycles. The first-order chi connectivity index (χ1) is 9.56. The minimum absolute atomic E-state index is 0.225. The molecule has 0 amide bonds. The van der Waals surface area contributed by atoms with E-state index in [0.29, 0.717) is 23.3 Å². The number of hydrogen-bond acceptors (Lipinski definition) is 4. The van der Waals surface area contributed by atoms with Gasteiger partial charge >= 0.3 is 0 Å². The van der Waals surface area contributed by atoms with E-state index in [1.54, 1.807) is 19.1 Å². The second-order valence-corrected chi connectivity index (χ2v) is 5.19. The van der Waals surface area contributed by atoms with Gasteiger partial charge in [-0.25, -0.2) is 4.39 Å². The van der Waals surface area contributed by atoms with E-state index in [2.05, 4.69) is 29.3 Å². The Hall–Kier alpha value is -1.75. The van der Waals surface area contributed by atoms with Crippen LogP contribution in [-0.4, -0.2) is 22.7 Å². The summed E-state index contributed by atoms with van der Waals surface area (Å²) >= 11 is 0. The Bertz CT molecular complexity index is 566. The lowest BCUT2D eigenvalue weighted by Crippen LogP contribution is -2.23. The Morgan fingerprint density at radius 2 is 2.15 bits per heavy atom. The zero-order chi connectivity index (χ0) is 14.5. The predicted octanol–water partition coefficient (Wildman–Crippen LogP) is 3.11. The molecule has 0 aliphatic carbocycles. The molecule has 0 saturated heterocycles. The molecule has 5 heteroatoms. The molecule has 2 aromatic rings. The van der Waals surface area contributed by atoms with Crippen molar-refractivity contribution in [1.29, 1.82) is 0 Å². The number of aryl methyl sites for hydroxylation is 2. The van der Waals surface area contributed by atoms with E-state index in [4.69, 9.17) is 4.52 Å². The predicted molar refractivity (Wildman–Crippen MR) is 75.9 cm³/mol. The van der Waals surface area contributed by atoms with E-state index < -0.39 is 0 Å². The summed E-state index contributed by atoms with van der Waals surface area (Å²) in [5, 5.41) is 7.28. The summed E-state index contributed by atoms with van der Waals surface area (Å²) < 4.78 is 18.4. The number of nitrogens with zero attached hydrogens (tertiary/aromatic N) is 2. The minimum Gasteiger partial charge on any atom is -0.339 e. The topological polar surface area (TPSA) is 51.0 Å². The smallest absolute Gasteiger partial charge is 0.227 e. The van der Waals surface area contributed by atoms with Crippen molar-refractivity contribution in [2.45, 2.75) is 39.7 Å². The number of halogens is 1. The average molecular weight is 277 g/mol. The van der Waals surface area contributed by atoms with E-state index in [0.717, 1.165) is 24.9 Å². The Labute approximate surface area is 118 Å². The number of aromatic nitrogens is 2. The molecular formula is C15H20FN3O. The van der Waals surface area contributed by atoms with Crippen molar-refractivity contribution >= 4 is 0 Å². The van der Waals surface area contributed by atoms with E-state index in [9.17, 15) is 4.39 Å². The summed E-state index contributed by atoms with van der Waals surface area (Å²) in [6.07, 6.45) is 1.69. The summed E-state index contributed by atoms with van der Waals surface area (Å²) in [6.45, 7) is 6.87. The van der Waals surface area contributed by atoms with Gasteiger partial charge in [-0.1, -0.05) is 19.0 Å². The normalized spacial score (nSPS) is 11.2. The molecule has 1 aromatic heterocycles. The third-order valence-corrected chi connectivity index (χ3v) is 3.00. The molecule has 0 spiro atoms. The van der Waals surface area contributed by atoms with Crippen LogP contribution in [0.15, 0.2) is 22.7 Å². The second-order valence-electron chi connectivity index (χ2n) is 5.19. The number of rotatable bonds is 6. The lowest BCUT2D eigenvalue weighted by atomic mass is 10.1. The maximum Gasteiger partial charge on any atom is 0.227 e. The highest BCUT2D eigenvalue weighted by molar-refractivity contribution is 5.55. The van der Waals surface area contributed by atoms with E-state index in [1.807, 2.05) is 0 Å². The van der Waals surface area contributed by atoms with Gasteiger partial charge in [0.2, 0.25) is 11.7 Å². The van der Waals surface area contributed by atoms with Crippen molar-refractivity contribution in [1.82, 2.24) is 15.5 Å². The molecule has 20 heavy (non-hydrogen) atoms. The molecule has 0 saturated carbocycles. The lowest BCUT2D eigenvalue weighted by molar-refractivity contribution is 0.374. The number of hydrogen-bond donors (Lipinski definition) is 1. The fraction of sp³-hybridized carbons (Fsp3) is 0.467. The monoisotopic (exact) mass is 277 g/mol. The van der Waals surface area contributed by atoms with Gasteiger partial charge in [0.1, 0.15) is 5.82 Å².